The van der Waals surface area contributed by atoms with E-state index in [2.05, 4.69) is 4.72 Å². The Kier molecular flexibility index (Phi) is 5.67. The molecule has 0 amide bonds. The van der Waals surface area contributed by atoms with Crippen molar-refractivity contribution in [2.45, 2.75) is 30.1 Å². The molecule has 0 aliphatic heterocycles. The predicted molar refractivity (Wildman–Crippen MR) is 82.1 cm³/mol. The summed E-state index contributed by atoms with van der Waals surface area (Å²) in [5.74, 6) is -5.09. The van der Waals surface area contributed by atoms with Crippen LogP contribution in [0, 0.1) is 5.92 Å². The quantitative estimate of drug-likeness (QED) is 0.754. The molecule has 6 nitrogen and oxygen atoms in total. The van der Waals surface area contributed by atoms with Crippen LogP contribution < -0.4 is 9.46 Å². The topological polar surface area (TPSA) is 92.7 Å². The van der Waals surface area contributed by atoms with E-state index >= 15 is 0 Å². The minimum Gasteiger partial charge on any atom is -0.480 e. The lowest BCUT2D eigenvalue weighted by molar-refractivity contribution is -0.139. The van der Waals surface area contributed by atoms with Crippen molar-refractivity contribution in [2.24, 2.45) is 5.92 Å². The van der Waals surface area contributed by atoms with E-state index in [-0.39, 0.29) is 35.1 Å². The fourth-order valence-electron chi connectivity index (χ4n) is 2.45. The fourth-order valence-corrected chi connectivity index (χ4v) is 3.86. The summed E-state index contributed by atoms with van der Waals surface area (Å²) >= 11 is 5.86. The Bertz CT molecular complexity index is 726. The van der Waals surface area contributed by atoms with Crippen LogP contribution in [0.2, 0.25) is 5.02 Å². The number of hydrogen-bond acceptors (Lipinski definition) is 4. The molecule has 1 atom stereocenters. The van der Waals surface area contributed by atoms with Crippen molar-refractivity contribution in [2.75, 3.05) is 13.2 Å². The zero-order valence-corrected chi connectivity index (χ0v) is 14.0. The number of alkyl halides is 2. The molecule has 0 heterocycles. The average molecular weight is 384 g/mol. The van der Waals surface area contributed by atoms with E-state index in [9.17, 15) is 22.0 Å². The summed E-state index contributed by atoms with van der Waals surface area (Å²) < 4.78 is 58.5. The van der Waals surface area contributed by atoms with E-state index in [0.717, 1.165) is 12.1 Å². The number of sulfonamides is 1. The molecule has 0 radical (unpaired) electrons. The molecular weight excluding hydrogens is 368 g/mol. The molecule has 1 aliphatic carbocycles. The number of carboxylic acid groups (broad SMARTS) is 1. The van der Waals surface area contributed by atoms with Gasteiger partial charge >= 0.3 is 5.97 Å². The largest absolute Gasteiger partial charge is 0.480 e. The second-order valence-corrected chi connectivity index (χ2v) is 7.65. The highest BCUT2D eigenvalue weighted by Crippen LogP contribution is 2.40. The van der Waals surface area contributed by atoms with Crippen molar-refractivity contribution in [1.29, 1.82) is 0 Å². The molecule has 2 N–H and O–H groups in total. The maximum atomic E-state index is 13.5. The minimum absolute atomic E-state index is 0.0142. The Balaban J connectivity index is 2.06. The highest BCUT2D eigenvalue weighted by atomic mass is 35.5. The molecule has 1 fully saturated rings. The van der Waals surface area contributed by atoms with Crippen LogP contribution in [0.4, 0.5) is 8.78 Å². The van der Waals surface area contributed by atoms with Crippen molar-refractivity contribution in [1.82, 2.24) is 4.72 Å². The number of rotatable bonds is 7. The smallest absolute Gasteiger partial charge is 0.341 e. The van der Waals surface area contributed by atoms with E-state index in [1.807, 2.05) is 0 Å². The predicted octanol–water partition coefficient (Wildman–Crippen LogP) is 2.52. The van der Waals surface area contributed by atoms with Gasteiger partial charge in [0, 0.05) is 18.9 Å². The van der Waals surface area contributed by atoms with Crippen LogP contribution in [-0.4, -0.2) is 38.6 Å². The Labute approximate surface area is 142 Å². The second kappa shape index (κ2) is 7.20. The molecular formula is C14H16ClF2NO5S. The van der Waals surface area contributed by atoms with Crippen LogP contribution in [0.25, 0.3) is 0 Å². The monoisotopic (exact) mass is 383 g/mol. The first-order valence-corrected chi connectivity index (χ1v) is 8.99. The molecule has 1 aliphatic rings. The van der Waals surface area contributed by atoms with Gasteiger partial charge in [0.05, 0.1) is 9.92 Å². The molecule has 134 valence electrons. The van der Waals surface area contributed by atoms with Crippen molar-refractivity contribution >= 4 is 27.6 Å². The van der Waals surface area contributed by atoms with Crippen LogP contribution in [-0.2, 0) is 14.8 Å². The van der Waals surface area contributed by atoms with Crippen LogP contribution >= 0.6 is 11.6 Å². The van der Waals surface area contributed by atoms with Gasteiger partial charge in [-0.25, -0.2) is 26.7 Å². The van der Waals surface area contributed by atoms with Gasteiger partial charge < -0.3 is 9.84 Å². The second-order valence-electron chi connectivity index (χ2n) is 5.48. The normalized spacial score (nSPS) is 20.0. The summed E-state index contributed by atoms with van der Waals surface area (Å²) in [4.78, 5) is 10.2. The van der Waals surface area contributed by atoms with Gasteiger partial charge in [0.15, 0.2) is 6.61 Å². The lowest BCUT2D eigenvalue weighted by atomic mass is 10.1. The fraction of sp³-hybridized carbons (Fsp3) is 0.500. The summed E-state index contributed by atoms with van der Waals surface area (Å²) in [5, 5.41) is 8.44. The molecule has 0 saturated heterocycles. The zero-order valence-electron chi connectivity index (χ0n) is 12.5. The van der Waals surface area contributed by atoms with Crippen LogP contribution in [0.3, 0.4) is 0 Å². The molecule has 1 saturated carbocycles. The number of halogens is 3. The van der Waals surface area contributed by atoms with Crippen LogP contribution in [0.1, 0.15) is 19.3 Å². The molecule has 10 heteroatoms. The number of carbonyl (C=O) groups is 1. The summed E-state index contributed by atoms with van der Waals surface area (Å²) in [7, 11) is -4.01. The van der Waals surface area contributed by atoms with Gasteiger partial charge in [-0.2, -0.15) is 0 Å². The van der Waals surface area contributed by atoms with Crippen molar-refractivity contribution in [3.8, 4) is 5.75 Å². The van der Waals surface area contributed by atoms with Gasteiger partial charge in [-0.05, 0) is 31.0 Å². The third-order valence-electron chi connectivity index (χ3n) is 3.74. The highest BCUT2D eigenvalue weighted by Gasteiger charge is 2.43. The molecule has 0 bridgehead atoms. The highest BCUT2D eigenvalue weighted by molar-refractivity contribution is 7.89. The number of benzene rings is 1. The number of ether oxygens (including phenoxy) is 1. The van der Waals surface area contributed by atoms with E-state index in [1.165, 1.54) is 6.07 Å². The van der Waals surface area contributed by atoms with Gasteiger partial charge in [0.25, 0.3) is 5.92 Å². The number of aliphatic carboxylic acids is 1. The van der Waals surface area contributed by atoms with Gasteiger partial charge in [-0.3, -0.25) is 0 Å². The van der Waals surface area contributed by atoms with E-state index < -0.39 is 34.4 Å². The Hall–Kier alpha value is -1.45. The average Bonchev–Trinajstić information content (AvgIpc) is 2.82. The SMILES string of the molecule is O=C(O)COc1ccc(S(=O)(=O)NCC2CCCC2(F)F)cc1Cl. The lowest BCUT2D eigenvalue weighted by Gasteiger charge is -2.19. The van der Waals surface area contributed by atoms with Crippen LogP contribution in [0.5, 0.6) is 5.75 Å². The standard InChI is InChI=1S/C14H16ClF2NO5S/c15-11-6-10(3-4-12(11)23-8-13(19)20)24(21,22)18-7-9-2-1-5-14(9,16)17/h3-4,6,9,18H,1-2,5,7-8H2,(H,19,20). The third-order valence-corrected chi connectivity index (χ3v) is 5.46. The molecule has 0 spiro atoms. The molecule has 1 aromatic carbocycles. The van der Waals surface area contributed by atoms with Crippen LogP contribution in [0.15, 0.2) is 23.1 Å². The van der Waals surface area contributed by atoms with E-state index in [4.69, 9.17) is 21.4 Å². The lowest BCUT2D eigenvalue weighted by Crippen LogP contribution is -2.35. The minimum atomic E-state index is -4.01. The van der Waals surface area contributed by atoms with Gasteiger partial charge in [0.2, 0.25) is 10.0 Å². The molecule has 24 heavy (non-hydrogen) atoms. The number of hydrogen-bond donors (Lipinski definition) is 2. The summed E-state index contributed by atoms with van der Waals surface area (Å²) in [6.07, 6.45) is 0.389. The van der Waals surface area contributed by atoms with Crippen molar-refractivity contribution in [3.05, 3.63) is 23.2 Å². The van der Waals surface area contributed by atoms with Gasteiger partial charge in [0.1, 0.15) is 5.75 Å². The van der Waals surface area contributed by atoms with Crippen molar-refractivity contribution < 1.29 is 31.8 Å². The summed E-state index contributed by atoms with van der Waals surface area (Å²) in [6.45, 7) is -0.981. The maximum absolute atomic E-state index is 13.5. The van der Waals surface area contributed by atoms with Crippen molar-refractivity contribution in [3.63, 3.8) is 0 Å². The van der Waals surface area contributed by atoms with Gasteiger partial charge in [-0.1, -0.05) is 11.6 Å². The molecule has 1 unspecified atom stereocenters. The zero-order chi connectivity index (χ0) is 18.0. The maximum Gasteiger partial charge on any atom is 0.341 e. The first kappa shape index (κ1) is 18.9. The van der Waals surface area contributed by atoms with E-state index in [0.29, 0.717) is 6.42 Å². The summed E-state index contributed by atoms with van der Waals surface area (Å²) in [5.41, 5.74) is 0. The van der Waals surface area contributed by atoms with E-state index in [1.54, 1.807) is 0 Å². The first-order valence-electron chi connectivity index (χ1n) is 7.13. The molecule has 2 rings (SSSR count). The van der Waals surface area contributed by atoms with Gasteiger partial charge in [-0.15, -0.1) is 0 Å². The Morgan fingerprint density at radius 2 is 2.17 bits per heavy atom. The number of nitrogens with one attached hydrogen (secondary N) is 1. The summed E-state index contributed by atoms with van der Waals surface area (Å²) in [6, 6.07) is 3.45. The Morgan fingerprint density at radius 3 is 2.71 bits per heavy atom. The Morgan fingerprint density at radius 1 is 1.46 bits per heavy atom. The molecule has 1 aromatic rings. The third kappa shape index (κ3) is 4.55. The number of carboxylic acids is 1. The first-order chi connectivity index (χ1) is 11.1. The molecule has 0 aromatic heterocycles.